The van der Waals surface area contributed by atoms with Crippen LogP contribution in [0.5, 0.6) is 0 Å². The summed E-state index contributed by atoms with van der Waals surface area (Å²) < 4.78 is 28.0. The molecular formula is C22H33NO8. The fraction of sp³-hybridized carbons (Fsp3) is 0.864. The molecule has 0 aromatic carbocycles. The molecule has 0 radical (unpaired) electrons. The second kappa shape index (κ2) is 9.42. The minimum atomic E-state index is -0.665. The second-order valence-corrected chi connectivity index (χ2v) is 9.28. The Morgan fingerprint density at radius 2 is 1.94 bits per heavy atom. The molecule has 2 saturated carbocycles. The van der Waals surface area contributed by atoms with Crippen molar-refractivity contribution < 1.29 is 38.1 Å². The summed E-state index contributed by atoms with van der Waals surface area (Å²) in [6, 6.07) is 0. The molecule has 0 spiro atoms. The molecule has 0 aromatic heterocycles. The minimum Gasteiger partial charge on any atom is -0.458 e. The number of ether oxygens (including phenoxy) is 5. The Morgan fingerprint density at radius 3 is 2.61 bits per heavy atom. The third kappa shape index (κ3) is 4.45. The van der Waals surface area contributed by atoms with E-state index in [0.29, 0.717) is 39.3 Å². The van der Waals surface area contributed by atoms with Crippen LogP contribution in [0, 0.1) is 29.6 Å². The summed E-state index contributed by atoms with van der Waals surface area (Å²) in [5, 5.41) is 0. The van der Waals surface area contributed by atoms with E-state index in [4.69, 9.17) is 23.7 Å². The van der Waals surface area contributed by atoms with Crippen molar-refractivity contribution >= 4 is 17.9 Å². The van der Waals surface area contributed by atoms with Crippen molar-refractivity contribution in [2.75, 3.05) is 39.5 Å². The van der Waals surface area contributed by atoms with Crippen LogP contribution in [0.25, 0.3) is 0 Å². The van der Waals surface area contributed by atoms with E-state index in [2.05, 4.69) is 0 Å². The van der Waals surface area contributed by atoms with Gasteiger partial charge in [0.25, 0.3) is 0 Å². The molecule has 9 heteroatoms. The molecule has 4 fully saturated rings. The lowest BCUT2D eigenvalue weighted by Crippen LogP contribution is -2.46. The molecule has 0 aromatic rings. The van der Waals surface area contributed by atoms with Gasteiger partial charge < -0.3 is 23.7 Å². The van der Waals surface area contributed by atoms with Crippen LogP contribution in [0.2, 0.25) is 0 Å². The van der Waals surface area contributed by atoms with Crippen molar-refractivity contribution in [1.82, 2.24) is 4.90 Å². The summed E-state index contributed by atoms with van der Waals surface area (Å²) in [4.78, 5) is 40.2. The van der Waals surface area contributed by atoms with Gasteiger partial charge in [0.2, 0.25) is 6.29 Å². The lowest BCUT2D eigenvalue weighted by atomic mass is 9.78. The second-order valence-electron chi connectivity index (χ2n) is 9.28. The Bertz CT molecular complexity index is 691. The van der Waals surface area contributed by atoms with Gasteiger partial charge in [-0.3, -0.25) is 19.3 Å². The predicted molar refractivity (Wildman–Crippen MR) is 107 cm³/mol. The maximum Gasteiger partial charge on any atom is 0.320 e. The summed E-state index contributed by atoms with van der Waals surface area (Å²) in [5.74, 6) is -2.78. The lowest BCUT2D eigenvalue weighted by Gasteiger charge is -2.32. The highest BCUT2D eigenvalue weighted by molar-refractivity contribution is 5.86. The zero-order valence-electron chi connectivity index (χ0n) is 18.5. The number of rotatable bonds is 9. The van der Waals surface area contributed by atoms with Gasteiger partial charge in [-0.1, -0.05) is 20.8 Å². The van der Waals surface area contributed by atoms with Crippen LogP contribution < -0.4 is 0 Å². The molecule has 31 heavy (non-hydrogen) atoms. The first-order chi connectivity index (χ1) is 14.9. The first kappa shape index (κ1) is 22.5. The molecular weight excluding hydrogens is 406 g/mol. The number of nitrogens with zero attached hydrogens (tertiary/aromatic N) is 1. The predicted octanol–water partition coefficient (Wildman–Crippen LogP) is 0.990. The highest BCUT2D eigenvalue weighted by atomic mass is 16.7. The number of morpholine rings is 1. The molecule has 7 atom stereocenters. The standard InChI is InChI=1S/C22H33NO8/c1-4-7-28-22(12(2)3)31-21(26)17-13-10-14-16(17)20(25)30-19(14)18(13)29-15(24)11-23-5-8-27-9-6-23/h12-14,16-19,22H,4-11H2,1-3H3. The molecule has 2 heterocycles. The van der Waals surface area contributed by atoms with Gasteiger partial charge in [0, 0.05) is 30.8 Å². The summed E-state index contributed by atoms with van der Waals surface area (Å²) in [7, 11) is 0. The quantitative estimate of drug-likeness (QED) is 0.296. The van der Waals surface area contributed by atoms with Gasteiger partial charge in [0.05, 0.1) is 38.2 Å². The summed E-state index contributed by atoms with van der Waals surface area (Å²) >= 11 is 0. The largest absolute Gasteiger partial charge is 0.458 e. The highest BCUT2D eigenvalue weighted by Gasteiger charge is 2.70. The Kier molecular flexibility index (Phi) is 6.83. The molecule has 2 aliphatic carbocycles. The molecule has 2 aliphatic heterocycles. The van der Waals surface area contributed by atoms with E-state index >= 15 is 0 Å². The smallest absolute Gasteiger partial charge is 0.320 e. The monoisotopic (exact) mass is 439 g/mol. The van der Waals surface area contributed by atoms with Crippen molar-refractivity contribution in [2.45, 2.75) is 52.1 Å². The molecule has 0 N–H and O–H groups in total. The Morgan fingerprint density at radius 1 is 1.19 bits per heavy atom. The van der Waals surface area contributed by atoms with Gasteiger partial charge in [0.1, 0.15) is 12.2 Å². The van der Waals surface area contributed by atoms with Crippen molar-refractivity contribution in [1.29, 1.82) is 0 Å². The number of fused-ring (bicyclic) bond motifs is 1. The summed E-state index contributed by atoms with van der Waals surface area (Å²) in [6.45, 7) is 9.02. The van der Waals surface area contributed by atoms with Gasteiger partial charge in [-0.2, -0.15) is 0 Å². The normalized spacial score (nSPS) is 35.3. The van der Waals surface area contributed by atoms with Crippen LogP contribution in [-0.2, 0) is 38.1 Å². The average molecular weight is 440 g/mol. The van der Waals surface area contributed by atoms with Gasteiger partial charge >= 0.3 is 17.9 Å². The molecule has 4 aliphatic rings. The maximum atomic E-state index is 13.1. The van der Waals surface area contributed by atoms with Gasteiger partial charge in [-0.15, -0.1) is 0 Å². The maximum absolute atomic E-state index is 13.1. The number of carbonyl (C=O) groups excluding carboxylic acids is 3. The number of carbonyl (C=O) groups is 3. The van der Waals surface area contributed by atoms with E-state index < -0.39 is 36.3 Å². The van der Waals surface area contributed by atoms with Gasteiger partial charge in [-0.05, 0) is 12.8 Å². The van der Waals surface area contributed by atoms with Crippen LogP contribution in [0.15, 0.2) is 0 Å². The third-order valence-electron chi connectivity index (χ3n) is 6.80. The molecule has 4 rings (SSSR count). The Labute approximate surface area is 182 Å². The van der Waals surface area contributed by atoms with E-state index in [-0.39, 0.29) is 36.2 Å². The zero-order valence-corrected chi connectivity index (χ0v) is 18.5. The Hall–Kier alpha value is -1.71. The molecule has 9 nitrogen and oxygen atoms in total. The SMILES string of the molecule is CCCOC(OC(=O)C1C2CC3C(OC(=O)C31)C2OC(=O)CN1CCOCC1)C(C)C. The van der Waals surface area contributed by atoms with E-state index in [1.54, 1.807) is 0 Å². The zero-order chi connectivity index (χ0) is 22.1. The van der Waals surface area contributed by atoms with Gasteiger partial charge in [-0.25, -0.2) is 0 Å². The van der Waals surface area contributed by atoms with Crippen molar-refractivity contribution in [3.63, 3.8) is 0 Å². The van der Waals surface area contributed by atoms with Crippen molar-refractivity contribution in [3.05, 3.63) is 0 Å². The third-order valence-corrected chi connectivity index (χ3v) is 6.80. The molecule has 2 bridgehead atoms. The van der Waals surface area contributed by atoms with E-state index in [0.717, 1.165) is 6.42 Å². The number of esters is 3. The minimum absolute atomic E-state index is 0.0143. The fourth-order valence-corrected chi connectivity index (χ4v) is 5.39. The molecule has 7 unspecified atom stereocenters. The Balaban J connectivity index is 1.42. The van der Waals surface area contributed by atoms with Gasteiger partial charge in [0.15, 0.2) is 0 Å². The first-order valence-corrected chi connectivity index (χ1v) is 11.4. The molecule has 2 saturated heterocycles. The van der Waals surface area contributed by atoms with Crippen LogP contribution in [-0.4, -0.2) is 80.8 Å². The van der Waals surface area contributed by atoms with E-state index in [1.807, 2.05) is 25.7 Å². The van der Waals surface area contributed by atoms with Crippen LogP contribution >= 0.6 is 0 Å². The highest BCUT2D eigenvalue weighted by Crippen LogP contribution is 2.59. The van der Waals surface area contributed by atoms with Crippen LogP contribution in [0.1, 0.15) is 33.6 Å². The first-order valence-electron chi connectivity index (χ1n) is 11.4. The fourth-order valence-electron chi connectivity index (χ4n) is 5.39. The average Bonchev–Trinajstić information content (AvgIpc) is 3.35. The summed E-state index contributed by atoms with van der Waals surface area (Å²) in [5.41, 5.74) is 0. The topological polar surface area (TPSA) is 101 Å². The van der Waals surface area contributed by atoms with Crippen molar-refractivity contribution in [2.24, 2.45) is 29.6 Å². The van der Waals surface area contributed by atoms with E-state index in [1.165, 1.54) is 0 Å². The number of hydrogen-bond acceptors (Lipinski definition) is 9. The molecule has 0 amide bonds. The lowest BCUT2D eigenvalue weighted by molar-refractivity contribution is -0.198. The molecule has 174 valence electrons. The van der Waals surface area contributed by atoms with Crippen LogP contribution in [0.4, 0.5) is 0 Å². The van der Waals surface area contributed by atoms with E-state index in [9.17, 15) is 14.4 Å². The van der Waals surface area contributed by atoms with Crippen LogP contribution in [0.3, 0.4) is 0 Å². The summed E-state index contributed by atoms with van der Waals surface area (Å²) in [6.07, 6.45) is -0.294. The van der Waals surface area contributed by atoms with Crippen molar-refractivity contribution in [3.8, 4) is 0 Å². The number of hydrogen-bond donors (Lipinski definition) is 0.